The Labute approximate surface area is 183 Å². The zero-order chi connectivity index (χ0) is 22.6. The van der Waals surface area contributed by atoms with Crippen LogP contribution in [0, 0.1) is 0 Å². The van der Waals surface area contributed by atoms with Gasteiger partial charge in [0.1, 0.15) is 12.4 Å². The van der Waals surface area contributed by atoms with Crippen LogP contribution >= 0.6 is 11.6 Å². The number of hydrogen-bond acceptors (Lipinski definition) is 3. The van der Waals surface area contributed by atoms with Crippen molar-refractivity contribution in [3.63, 3.8) is 0 Å². The van der Waals surface area contributed by atoms with Crippen LogP contribution in [0.2, 0.25) is 5.02 Å². The molecule has 0 atom stereocenters. The van der Waals surface area contributed by atoms with Crippen molar-refractivity contribution in [3.05, 3.63) is 88.9 Å². The Balaban J connectivity index is 1.88. The molecule has 0 radical (unpaired) electrons. The minimum atomic E-state index is -4.64. The maximum atomic E-state index is 13.1. The predicted molar refractivity (Wildman–Crippen MR) is 114 cm³/mol. The molecule has 0 saturated carbocycles. The van der Waals surface area contributed by atoms with Gasteiger partial charge in [-0.15, -0.1) is 0 Å². The standard InChI is InChI=1S/C22H19ClF3NO3S/c1-2-27(31(28,29)19-10-6-8-17(14-19)22(24,25)26)18-9-5-7-16(13-18)15-30-21-12-4-3-11-20(21)23/h3-14H,2,15H2,1H3. The highest BCUT2D eigenvalue weighted by Crippen LogP contribution is 2.32. The zero-order valence-electron chi connectivity index (χ0n) is 16.4. The first-order valence-electron chi connectivity index (χ1n) is 9.29. The molecule has 9 heteroatoms. The summed E-state index contributed by atoms with van der Waals surface area (Å²) in [5.41, 5.74) is -0.0261. The third-order valence-electron chi connectivity index (χ3n) is 4.47. The Hall–Kier alpha value is -2.71. The van der Waals surface area contributed by atoms with E-state index in [4.69, 9.17) is 16.3 Å². The molecule has 0 bridgehead atoms. The van der Waals surface area contributed by atoms with Gasteiger partial charge in [-0.3, -0.25) is 4.31 Å². The van der Waals surface area contributed by atoms with Crippen molar-refractivity contribution in [2.75, 3.05) is 10.8 Å². The van der Waals surface area contributed by atoms with Gasteiger partial charge in [0.2, 0.25) is 0 Å². The first-order valence-corrected chi connectivity index (χ1v) is 11.1. The molecular formula is C22H19ClF3NO3S. The lowest BCUT2D eigenvalue weighted by atomic mass is 10.2. The van der Waals surface area contributed by atoms with Gasteiger partial charge in [0.05, 0.1) is 21.2 Å². The first-order chi connectivity index (χ1) is 14.6. The highest BCUT2D eigenvalue weighted by atomic mass is 35.5. The third-order valence-corrected chi connectivity index (χ3v) is 6.68. The molecule has 0 fully saturated rings. The summed E-state index contributed by atoms with van der Waals surface area (Å²) in [6, 6.07) is 17.3. The van der Waals surface area contributed by atoms with Crippen LogP contribution in [0.3, 0.4) is 0 Å². The van der Waals surface area contributed by atoms with Gasteiger partial charge in [-0.05, 0) is 55.0 Å². The van der Waals surface area contributed by atoms with Crippen molar-refractivity contribution in [2.45, 2.75) is 24.6 Å². The van der Waals surface area contributed by atoms with Gasteiger partial charge in [-0.1, -0.05) is 41.9 Å². The van der Waals surface area contributed by atoms with Gasteiger partial charge in [0.25, 0.3) is 10.0 Å². The number of anilines is 1. The second-order valence-corrected chi connectivity index (χ2v) is 8.85. The monoisotopic (exact) mass is 469 g/mol. The molecule has 0 amide bonds. The smallest absolute Gasteiger partial charge is 0.416 e. The van der Waals surface area contributed by atoms with E-state index in [-0.39, 0.29) is 13.2 Å². The molecule has 0 unspecified atom stereocenters. The van der Waals surface area contributed by atoms with Crippen molar-refractivity contribution in [1.29, 1.82) is 0 Å². The molecule has 0 aliphatic rings. The van der Waals surface area contributed by atoms with E-state index in [1.165, 1.54) is 0 Å². The van der Waals surface area contributed by atoms with Crippen LogP contribution in [0.15, 0.2) is 77.7 Å². The number of para-hydroxylation sites is 1. The van der Waals surface area contributed by atoms with E-state index < -0.39 is 26.7 Å². The SMILES string of the molecule is CCN(c1cccc(COc2ccccc2Cl)c1)S(=O)(=O)c1cccc(C(F)(F)F)c1. The lowest BCUT2D eigenvalue weighted by Gasteiger charge is -2.24. The normalized spacial score (nSPS) is 11.9. The molecule has 31 heavy (non-hydrogen) atoms. The molecule has 3 aromatic carbocycles. The van der Waals surface area contributed by atoms with E-state index in [2.05, 4.69) is 0 Å². The van der Waals surface area contributed by atoms with Crippen LogP contribution in [-0.4, -0.2) is 15.0 Å². The topological polar surface area (TPSA) is 46.6 Å². The van der Waals surface area contributed by atoms with Gasteiger partial charge < -0.3 is 4.74 Å². The molecule has 0 aromatic heterocycles. The Morgan fingerprint density at radius 3 is 2.35 bits per heavy atom. The molecule has 0 N–H and O–H groups in total. The van der Waals surface area contributed by atoms with Crippen LogP contribution in [0.5, 0.6) is 5.75 Å². The molecule has 0 aliphatic heterocycles. The lowest BCUT2D eigenvalue weighted by Crippen LogP contribution is -2.31. The fourth-order valence-corrected chi connectivity index (χ4v) is 4.68. The minimum Gasteiger partial charge on any atom is -0.487 e. The molecule has 164 valence electrons. The summed E-state index contributed by atoms with van der Waals surface area (Å²) >= 11 is 6.07. The Kier molecular flexibility index (Phi) is 6.81. The summed E-state index contributed by atoms with van der Waals surface area (Å²) in [4.78, 5) is -0.429. The van der Waals surface area contributed by atoms with Crippen LogP contribution in [0.1, 0.15) is 18.1 Å². The van der Waals surface area contributed by atoms with Gasteiger partial charge >= 0.3 is 6.18 Å². The summed E-state index contributed by atoms with van der Waals surface area (Å²) < 4.78 is 72.0. The molecule has 0 spiro atoms. The molecule has 4 nitrogen and oxygen atoms in total. The predicted octanol–water partition coefficient (Wildman–Crippen LogP) is 6.15. The van der Waals surface area contributed by atoms with Crippen molar-refractivity contribution >= 4 is 27.3 Å². The van der Waals surface area contributed by atoms with E-state index in [1.807, 2.05) is 0 Å². The summed E-state index contributed by atoms with van der Waals surface area (Å²) in [5.74, 6) is 0.485. The maximum absolute atomic E-state index is 13.1. The van der Waals surface area contributed by atoms with Crippen molar-refractivity contribution in [1.82, 2.24) is 0 Å². The number of sulfonamides is 1. The number of halogens is 4. The molecule has 3 rings (SSSR count). The third kappa shape index (κ3) is 5.32. The molecular weight excluding hydrogens is 451 g/mol. The average molecular weight is 470 g/mol. The Bertz CT molecular complexity index is 1170. The lowest BCUT2D eigenvalue weighted by molar-refractivity contribution is -0.137. The first kappa shape index (κ1) is 23.0. The van der Waals surface area contributed by atoms with E-state index in [0.29, 0.717) is 28.1 Å². The van der Waals surface area contributed by atoms with Gasteiger partial charge in [0.15, 0.2) is 0 Å². The van der Waals surface area contributed by atoms with Gasteiger partial charge in [-0.25, -0.2) is 8.42 Å². The number of alkyl halides is 3. The number of ether oxygens (including phenoxy) is 1. The van der Waals surface area contributed by atoms with E-state index >= 15 is 0 Å². The summed E-state index contributed by atoms with van der Waals surface area (Å²) in [6.45, 7) is 1.78. The van der Waals surface area contributed by atoms with Crippen molar-refractivity contribution < 1.29 is 26.3 Å². The number of benzene rings is 3. The van der Waals surface area contributed by atoms with E-state index in [1.54, 1.807) is 55.5 Å². The van der Waals surface area contributed by atoms with Crippen LogP contribution in [0.25, 0.3) is 0 Å². The number of rotatable bonds is 7. The largest absolute Gasteiger partial charge is 0.487 e. The van der Waals surface area contributed by atoms with E-state index in [9.17, 15) is 21.6 Å². The zero-order valence-corrected chi connectivity index (χ0v) is 18.0. The van der Waals surface area contributed by atoms with Crippen LogP contribution in [0.4, 0.5) is 18.9 Å². The minimum absolute atomic E-state index is 0.0351. The highest BCUT2D eigenvalue weighted by molar-refractivity contribution is 7.92. The van der Waals surface area contributed by atoms with E-state index in [0.717, 1.165) is 22.5 Å². The van der Waals surface area contributed by atoms with Gasteiger partial charge in [0, 0.05) is 6.54 Å². The second-order valence-electron chi connectivity index (χ2n) is 6.58. The fourth-order valence-electron chi connectivity index (χ4n) is 2.98. The fraction of sp³-hybridized carbons (Fsp3) is 0.182. The Morgan fingerprint density at radius 1 is 0.968 bits per heavy atom. The van der Waals surface area contributed by atoms with Crippen LogP contribution < -0.4 is 9.04 Å². The van der Waals surface area contributed by atoms with Crippen LogP contribution in [-0.2, 0) is 22.8 Å². The summed E-state index contributed by atoms with van der Waals surface area (Å²) in [6.07, 6.45) is -4.64. The highest BCUT2D eigenvalue weighted by Gasteiger charge is 2.33. The summed E-state index contributed by atoms with van der Waals surface area (Å²) in [5, 5.41) is 0.445. The molecule has 3 aromatic rings. The molecule has 0 aliphatic carbocycles. The second kappa shape index (κ2) is 9.20. The average Bonchev–Trinajstić information content (AvgIpc) is 2.73. The molecule has 0 heterocycles. The number of hydrogen-bond donors (Lipinski definition) is 0. The molecule has 0 saturated heterocycles. The van der Waals surface area contributed by atoms with Crippen molar-refractivity contribution in [2.24, 2.45) is 0 Å². The Morgan fingerprint density at radius 2 is 1.68 bits per heavy atom. The maximum Gasteiger partial charge on any atom is 0.416 e. The van der Waals surface area contributed by atoms with Gasteiger partial charge in [-0.2, -0.15) is 13.2 Å². The summed E-state index contributed by atoms with van der Waals surface area (Å²) in [7, 11) is -4.21. The quantitative estimate of drug-likeness (QED) is 0.416. The van der Waals surface area contributed by atoms with Crippen molar-refractivity contribution in [3.8, 4) is 5.75 Å². The number of nitrogens with zero attached hydrogens (tertiary/aromatic N) is 1.